The summed E-state index contributed by atoms with van der Waals surface area (Å²) in [5.74, 6) is -0.683. The van der Waals surface area contributed by atoms with Crippen molar-refractivity contribution in [3.63, 3.8) is 0 Å². The van der Waals surface area contributed by atoms with Crippen molar-refractivity contribution in [3.8, 4) is 11.5 Å². The molecule has 5 heteroatoms. The van der Waals surface area contributed by atoms with Crippen LogP contribution < -0.4 is 4.74 Å². The molecule has 0 aliphatic heterocycles. The average Bonchev–Trinajstić information content (AvgIpc) is 2.15. The normalized spacial score (nSPS) is 9.67. The van der Waals surface area contributed by atoms with Crippen LogP contribution in [0.4, 0.5) is 0 Å². The summed E-state index contributed by atoms with van der Waals surface area (Å²) in [6, 6.07) is 4.65. The Morgan fingerprint density at radius 3 is 2.60 bits per heavy atom. The number of aromatic hydroxyl groups is 1. The van der Waals surface area contributed by atoms with E-state index in [1.807, 2.05) is 0 Å². The van der Waals surface area contributed by atoms with Crippen LogP contribution in [-0.2, 0) is 4.79 Å². The molecule has 0 spiro atoms. The number of carbonyl (C=O) groups is 1. The van der Waals surface area contributed by atoms with E-state index in [1.54, 1.807) is 12.1 Å². The van der Waals surface area contributed by atoms with E-state index in [9.17, 15) is 9.90 Å². The van der Waals surface area contributed by atoms with E-state index in [1.165, 1.54) is 19.3 Å². The average molecular weight is 218 g/mol. The Morgan fingerprint density at radius 1 is 1.47 bits per heavy atom. The van der Waals surface area contributed by atoms with Crippen molar-refractivity contribution < 1.29 is 19.7 Å². The molecule has 0 fully saturated rings. The van der Waals surface area contributed by atoms with Crippen molar-refractivity contribution in [2.24, 2.45) is 0 Å². The van der Waals surface area contributed by atoms with E-state index in [4.69, 9.17) is 9.84 Å². The van der Waals surface area contributed by atoms with Crippen LogP contribution in [0.5, 0.6) is 11.5 Å². The standard InChI is InChI=1S/C10H10O4.Na.H/c1-14-9-4-2-7(6-8(9)11)3-5-10(12)13;;/h2-6,11H,1H3,(H,12,13);;. The number of ether oxygens (including phenoxy) is 1. The molecule has 2 N–H and O–H groups in total. The Morgan fingerprint density at radius 2 is 2.13 bits per heavy atom. The fourth-order valence-corrected chi connectivity index (χ4v) is 0.978. The van der Waals surface area contributed by atoms with Crippen LogP contribution in [0.3, 0.4) is 0 Å². The molecule has 1 aromatic carbocycles. The number of benzene rings is 1. The molecule has 0 radical (unpaired) electrons. The Bertz CT molecular complexity index is 374. The Balaban J connectivity index is 0.00000196. The second-order valence-corrected chi connectivity index (χ2v) is 2.60. The summed E-state index contributed by atoms with van der Waals surface area (Å²) in [4.78, 5) is 10.2. The van der Waals surface area contributed by atoms with Crippen molar-refractivity contribution in [2.45, 2.75) is 0 Å². The van der Waals surface area contributed by atoms with Crippen molar-refractivity contribution in [1.29, 1.82) is 0 Å². The monoisotopic (exact) mass is 218 g/mol. The SMILES string of the molecule is COc1ccc(C=CC(=O)O)cc1O.[NaH]. The number of hydrogen-bond acceptors (Lipinski definition) is 3. The summed E-state index contributed by atoms with van der Waals surface area (Å²) in [5.41, 5.74) is 0.603. The quantitative estimate of drug-likeness (QED) is 0.583. The van der Waals surface area contributed by atoms with E-state index in [0.29, 0.717) is 11.3 Å². The Kier molecular flexibility index (Phi) is 6.08. The van der Waals surface area contributed by atoms with E-state index in [-0.39, 0.29) is 35.3 Å². The molecule has 0 saturated carbocycles. The van der Waals surface area contributed by atoms with E-state index < -0.39 is 5.97 Å². The van der Waals surface area contributed by atoms with Crippen LogP contribution in [0.15, 0.2) is 24.3 Å². The molecule has 0 bridgehead atoms. The maximum atomic E-state index is 10.2. The summed E-state index contributed by atoms with van der Waals surface area (Å²) in [5, 5.41) is 17.7. The van der Waals surface area contributed by atoms with Gasteiger partial charge in [-0.05, 0) is 23.8 Å². The molecule has 0 aliphatic carbocycles. The van der Waals surface area contributed by atoms with Crippen molar-refractivity contribution in [1.82, 2.24) is 0 Å². The van der Waals surface area contributed by atoms with E-state index in [2.05, 4.69) is 0 Å². The van der Waals surface area contributed by atoms with Crippen LogP contribution in [0.25, 0.3) is 6.08 Å². The first-order chi connectivity index (χ1) is 6.63. The number of hydrogen-bond donors (Lipinski definition) is 2. The van der Waals surface area contributed by atoms with E-state index >= 15 is 0 Å². The van der Waals surface area contributed by atoms with Gasteiger partial charge in [-0.1, -0.05) is 6.07 Å². The minimum atomic E-state index is -1.03. The van der Waals surface area contributed by atoms with E-state index in [0.717, 1.165) is 6.08 Å². The first kappa shape index (κ1) is 14.0. The van der Waals surface area contributed by atoms with Gasteiger partial charge in [0.05, 0.1) is 7.11 Å². The molecule has 15 heavy (non-hydrogen) atoms. The first-order valence-electron chi connectivity index (χ1n) is 3.91. The molecule has 0 amide bonds. The van der Waals surface area contributed by atoms with Crippen molar-refractivity contribution in [2.75, 3.05) is 7.11 Å². The predicted molar refractivity (Wildman–Crippen MR) is 58.5 cm³/mol. The zero-order chi connectivity index (χ0) is 10.6. The molecule has 0 aromatic heterocycles. The zero-order valence-corrected chi connectivity index (χ0v) is 7.60. The van der Waals surface area contributed by atoms with Gasteiger partial charge in [-0.2, -0.15) is 0 Å². The summed E-state index contributed by atoms with van der Waals surface area (Å²) >= 11 is 0. The van der Waals surface area contributed by atoms with Crippen molar-refractivity contribution >= 4 is 41.6 Å². The van der Waals surface area contributed by atoms with Crippen LogP contribution in [0, 0.1) is 0 Å². The molecule has 0 saturated heterocycles. The van der Waals surface area contributed by atoms with Gasteiger partial charge in [-0.25, -0.2) is 4.79 Å². The van der Waals surface area contributed by atoms with Crippen LogP contribution in [0.2, 0.25) is 0 Å². The minimum absolute atomic E-state index is 0. The zero-order valence-electron chi connectivity index (χ0n) is 7.60. The second-order valence-electron chi connectivity index (χ2n) is 2.60. The van der Waals surface area contributed by atoms with Gasteiger partial charge in [0.1, 0.15) is 0 Å². The Hall–Kier alpha value is -0.970. The van der Waals surface area contributed by atoms with Gasteiger partial charge in [0.25, 0.3) is 0 Å². The molecule has 76 valence electrons. The van der Waals surface area contributed by atoms with Gasteiger partial charge in [0.2, 0.25) is 0 Å². The molecular formula is C10H11NaO4. The number of carboxylic acid groups (broad SMARTS) is 1. The second kappa shape index (κ2) is 6.50. The molecule has 4 nitrogen and oxygen atoms in total. The van der Waals surface area contributed by atoms with Gasteiger partial charge < -0.3 is 14.9 Å². The number of methoxy groups -OCH3 is 1. The summed E-state index contributed by atoms with van der Waals surface area (Å²) < 4.78 is 4.84. The van der Waals surface area contributed by atoms with Gasteiger partial charge in [-0.15, -0.1) is 0 Å². The molecule has 1 aromatic rings. The van der Waals surface area contributed by atoms with Gasteiger partial charge in [0.15, 0.2) is 11.5 Å². The molecule has 0 atom stereocenters. The Labute approximate surface area is 109 Å². The summed E-state index contributed by atoms with van der Waals surface area (Å²) in [7, 11) is 1.45. The third-order valence-corrected chi connectivity index (χ3v) is 1.62. The molecule has 0 aliphatic rings. The first-order valence-corrected chi connectivity index (χ1v) is 3.91. The maximum absolute atomic E-state index is 10.2. The predicted octanol–water partition coefficient (Wildman–Crippen LogP) is 0.850. The number of aliphatic carboxylic acids is 1. The molecular weight excluding hydrogens is 207 g/mol. The van der Waals surface area contributed by atoms with Crippen LogP contribution >= 0.6 is 0 Å². The fourth-order valence-electron chi connectivity index (χ4n) is 0.978. The number of phenolic OH excluding ortho intramolecular Hbond substituents is 1. The number of phenols is 1. The topological polar surface area (TPSA) is 66.8 Å². The van der Waals surface area contributed by atoms with Crippen LogP contribution in [0.1, 0.15) is 5.56 Å². The summed E-state index contributed by atoms with van der Waals surface area (Å²) in [6.45, 7) is 0. The molecule has 0 unspecified atom stereocenters. The van der Waals surface area contributed by atoms with Gasteiger partial charge >= 0.3 is 35.5 Å². The van der Waals surface area contributed by atoms with Gasteiger partial charge in [-0.3, -0.25) is 0 Å². The number of rotatable bonds is 3. The number of carboxylic acids is 1. The third kappa shape index (κ3) is 4.38. The van der Waals surface area contributed by atoms with Crippen molar-refractivity contribution in [3.05, 3.63) is 29.8 Å². The third-order valence-electron chi connectivity index (χ3n) is 1.62. The molecule has 0 heterocycles. The van der Waals surface area contributed by atoms with Gasteiger partial charge in [0, 0.05) is 6.08 Å². The summed E-state index contributed by atoms with van der Waals surface area (Å²) in [6.07, 6.45) is 2.39. The molecule has 1 rings (SSSR count). The fraction of sp³-hybridized carbons (Fsp3) is 0.100. The van der Waals surface area contributed by atoms with Crippen LogP contribution in [-0.4, -0.2) is 52.8 Å².